The standard InChI is InChI=1S/C22H28ClFN4O2S2/c23-15-13-20(32(29,30)27-21-25-9-12-31-21)16(24)14-18(15)26-17-3-1-2-4-19(17)28-10-7-22(5-6-22)8-11-28/h9,12-14,17,19,26H,1-8,10-11H2,(H,25,27)/t17-,19-/m0/s1. The van der Waals surface area contributed by atoms with Crippen molar-refractivity contribution >= 4 is 43.8 Å². The van der Waals surface area contributed by atoms with E-state index >= 15 is 0 Å². The maximum Gasteiger partial charge on any atom is 0.266 e. The molecule has 1 aliphatic heterocycles. The summed E-state index contributed by atoms with van der Waals surface area (Å²) < 4.78 is 42.4. The van der Waals surface area contributed by atoms with Crippen LogP contribution in [0.5, 0.6) is 0 Å². The zero-order chi connectivity index (χ0) is 22.3. The van der Waals surface area contributed by atoms with Crippen molar-refractivity contribution in [2.75, 3.05) is 23.1 Å². The quantitative estimate of drug-likeness (QED) is 0.562. The van der Waals surface area contributed by atoms with Crippen molar-refractivity contribution in [2.24, 2.45) is 5.41 Å². The van der Waals surface area contributed by atoms with Gasteiger partial charge in [-0.05, 0) is 69.2 Å². The molecule has 0 amide bonds. The highest BCUT2D eigenvalue weighted by atomic mass is 35.5. The molecule has 0 unspecified atom stereocenters. The number of halogens is 2. The number of anilines is 2. The first-order chi connectivity index (χ1) is 15.4. The van der Waals surface area contributed by atoms with Crippen LogP contribution in [0.25, 0.3) is 0 Å². The Hall–Kier alpha value is -1.42. The van der Waals surface area contributed by atoms with Crippen molar-refractivity contribution in [3.05, 3.63) is 34.5 Å². The first-order valence-corrected chi connectivity index (χ1v) is 14.0. The number of sulfonamides is 1. The second-order valence-corrected chi connectivity index (χ2v) is 12.3. The van der Waals surface area contributed by atoms with Crippen LogP contribution >= 0.6 is 22.9 Å². The van der Waals surface area contributed by atoms with Crippen molar-refractivity contribution in [3.63, 3.8) is 0 Å². The number of aromatic nitrogens is 1. The normalized spacial score (nSPS) is 25.6. The number of nitrogens with one attached hydrogen (secondary N) is 2. The lowest BCUT2D eigenvalue weighted by Gasteiger charge is -2.44. The Morgan fingerprint density at radius 2 is 1.91 bits per heavy atom. The number of hydrogen-bond donors (Lipinski definition) is 2. The minimum absolute atomic E-state index is 0.171. The molecule has 6 nitrogen and oxygen atoms in total. The third-order valence-corrected chi connectivity index (χ3v) is 9.80. The number of piperidine rings is 1. The van der Waals surface area contributed by atoms with Crippen molar-refractivity contribution in [1.29, 1.82) is 0 Å². The van der Waals surface area contributed by atoms with E-state index in [1.165, 1.54) is 50.4 Å². The van der Waals surface area contributed by atoms with Crippen molar-refractivity contribution in [1.82, 2.24) is 9.88 Å². The van der Waals surface area contributed by atoms with Crippen molar-refractivity contribution < 1.29 is 12.8 Å². The van der Waals surface area contributed by atoms with Gasteiger partial charge in [-0.2, -0.15) is 0 Å². The molecule has 5 rings (SSSR count). The van der Waals surface area contributed by atoms with Crippen LogP contribution in [-0.4, -0.2) is 43.5 Å². The van der Waals surface area contributed by atoms with Gasteiger partial charge in [0, 0.05) is 23.7 Å². The predicted molar refractivity (Wildman–Crippen MR) is 126 cm³/mol. The Labute approximate surface area is 197 Å². The second kappa shape index (κ2) is 8.74. The molecule has 2 N–H and O–H groups in total. The van der Waals surface area contributed by atoms with E-state index in [-0.39, 0.29) is 16.2 Å². The summed E-state index contributed by atoms with van der Waals surface area (Å²) in [6, 6.07) is 2.96. The highest BCUT2D eigenvalue weighted by molar-refractivity contribution is 7.93. The molecule has 0 bridgehead atoms. The molecule has 3 aliphatic rings. The number of benzene rings is 1. The summed E-state index contributed by atoms with van der Waals surface area (Å²) in [5.74, 6) is -0.832. The van der Waals surface area contributed by atoms with Crippen LogP contribution in [0, 0.1) is 11.2 Å². The van der Waals surface area contributed by atoms with Crippen molar-refractivity contribution in [3.8, 4) is 0 Å². The minimum Gasteiger partial charge on any atom is -0.379 e. The van der Waals surface area contributed by atoms with Gasteiger partial charge in [0.1, 0.15) is 10.7 Å². The molecule has 2 heterocycles. The largest absolute Gasteiger partial charge is 0.379 e. The fourth-order valence-corrected chi connectivity index (χ4v) is 7.37. The topological polar surface area (TPSA) is 74.3 Å². The zero-order valence-corrected chi connectivity index (χ0v) is 20.2. The summed E-state index contributed by atoms with van der Waals surface area (Å²) in [7, 11) is -4.12. The summed E-state index contributed by atoms with van der Waals surface area (Å²) in [4.78, 5) is 6.02. The average Bonchev–Trinajstić information content (AvgIpc) is 3.32. The van der Waals surface area contributed by atoms with E-state index < -0.39 is 20.7 Å². The van der Waals surface area contributed by atoms with Gasteiger partial charge in [-0.15, -0.1) is 11.3 Å². The van der Waals surface area contributed by atoms with Crippen LogP contribution in [0.15, 0.2) is 28.6 Å². The number of rotatable bonds is 6. The Morgan fingerprint density at radius 1 is 1.16 bits per heavy atom. The molecule has 2 atom stereocenters. The van der Waals surface area contributed by atoms with Crippen LogP contribution in [-0.2, 0) is 10.0 Å². The third-order valence-electron chi connectivity index (χ3n) is 7.32. The van der Waals surface area contributed by atoms with E-state index in [1.807, 2.05) is 0 Å². The van der Waals surface area contributed by atoms with Gasteiger partial charge in [0.05, 0.1) is 10.7 Å². The summed E-state index contributed by atoms with van der Waals surface area (Å²) in [5, 5.41) is 5.48. The fraction of sp³-hybridized carbons (Fsp3) is 0.591. The number of thiazole rings is 1. The van der Waals surface area contributed by atoms with Crippen LogP contribution < -0.4 is 10.0 Å². The molecule has 1 aromatic carbocycles. The van der Waals surface area contributed by atoms with E-state index in [4.69, 9.17) is 11.6 Å². The van der Waals surface area contributed by atoms with Gasteiger partial charge in [-0.3, -0.25) is 9.62 Å². The molecule has 2 aliphatic carbocycles. The summed E-state index contributed by atoms with van der Waals surface area (Å²) in [6.45, 7) is 2.26. The number of nitrogens with zero attached hydrogens (tertiary/aromatic N) is 2. The lowest BCUT2D eigenvalue weighted by Crippen LogP contribution is -2.51. The first-order valence-electron chi connectivity index (χ1n) is 11.3. The summed E-state index contributed by atoms with van der Waals surface area (Å²) >= 11 is 7.56. The Kier molecular flexibility index (Phi) is 6.11. The van der Waals surface area contributed by atoms with Crippen LogP contribution in [0.4, 0.5) is 15.2 Å². The number of likely N-dealkylation sites (tertiary alicyclic amines) is 1. The van der Waals surface area contributed by atoms with Crippen molar-refractivity contribution in [2.45, 2.75) is 68.3 Å². The molecule has 32 heavy (non-hydrogen) atoms. The Bertz CT molecular complexity index is 1070. The Morgan fingerprint density at radius 3 is 2.59 bits per heavy atom. The van der Waals surface area contributed by atoms with E-state index in [0.29, 0.717) is 17.1 Å². The molecule has 174 valence electrons. The highest BCUT2D eigenvalue weighted by Crippen LogP contribution is 2.54. The zero-order valence-electron chi connectivity index (χ0n) is 17.8. The SMILES string of the molecule is O=S(=O)(Nc1nccs1)c1cc(Cl)c(N[C@H]2CCCC[C@@H]2N2CCC3(CC2)CC3)cc1F. The monoisotopic (exact) mass is 498 g/mol. The molecule has 3 fully saturated rings. The number of hydrogen-bond acceptors (Lipinski definition) is 6. The van der Waals surface area contributed by atoms with Gasteiger partial charge in [-0.25, -0.2) is 17.8 Å². The molecular weight excluding hydrogens is 471 g/mol. The van der Waals surface area contributed by atoms with Gasteiger partial charge >= 0.3 is 0 Å². The molecule has 1 saturated heterocycles. The fourth-order valence-electron chi connectivity index (χ4n) is 5.21. The van der Waals surface area contributed by atoms with Gasteiger partial charge in [0.2, 0.25) is 0 Å². The van der Waals surface area contributed by atoms with Gasteiger partial charge in [0.15, 0.2) is 5.13 Å². The van der Waals surface area contributed by atoms with E-state index in [2.05, 4.69) is 19.9 Å². The van der Waals surface area contributed by atoms with E-state index in [9.17, 15) is 12.8 Å². The van der Waals surface area contributed by atoms with Gasteiger partial charge in [-0.1, -0.05) is 24.4 Å². The molecule has 10 heteroatoms. The average molecular weight is 499 g/mol. The molecular formula is C22H28ClFN4O2S2. The molecule has 1 spiro atoms. The minimum atomic E-state index is -4.12. The lowest BCUT2D eigenvalue weighted by molar-refractivity contribution is 0.0920. The highest BCUT2D eigenvalue weighted by Gasteiger charge is 2.46. The molecule has 1 aromatic heterocycles. The van der Waals surface area contributed by atoms with E-state index in [1.54, 1.807) is 5.38 Å². The lowest BCUT2D eigenvalue weighted by atomic mass is 9.85. The van der Waals surface area contributed by atoms with Gasteiger partial charge in [0.25, 0.3) is 10.0 Å². The molecule has 0 radical (unpaired) electrons. The maximum absolute atomic E-state index is 14.9. The van der Waals surface area contributed by atoms with Gasteiger partial charge < -0.3 is 5.32 Å². The smallest absolute Gasteiger partial charge is 0.266 e. The van der Waals surface area contributed by atoms with Crippen LogP contribution in [0.2, 0.25) is 5.02 Å². The van der Waals surface area contributed by atoms with Crippen LogP contribution in [0.3, 0.4) is 0 Å². The first kappa shape index (κ1) is 22.4. The third kappa shape index (κ3) is 4.62. The predicted octanol–water partition coefficient (Wildman–Crippen LogP) is 5.34. The Balaban J connectivity index is 1.32. The molecule has 2 saturated carbocycles. The summed E-state index contributed by atoms with van der Waals surface area (Å²) in [5.41, 5.74) is 1.08. The maximum atomic E-state index is 14.9. The second-order valence-electron chi connectivity index (χ2n) is 9.34. The van der Waals surface area contributed by atoms with Crippen LogP contribution in [0.1, 0.15) is 51.4 Å². The molecule has 2 aromatic rings. The van der Waals surface area contributed by atoms with E-state index in [0.717, 1.165) is 43.7 Å². The summed E-state index contributed by atoms with van der Waals surface area (Å²) in [6.07, 6.45) is 11.2.